The first-order valence-electron chi connectivity index (χ1n) is 12.9. The summed E-state index contributed by atoms with van der Waals surface area (Å²) in [7, 11) is 0. The summed E-state index contributed by atoms with van der Waals surface area (Å²) >= 11 is 0. The van der Waals surface area contributed by atoms with Gasteiger partial charge >= 0.3 is 0 Å². The molecule has 0 unspecified atom stereocenters. The van der Waals surface area contributed by atoms with Crippen molar-refractivity contribution in [2.75, 3.05) is 4.90 Å². The van der Waals surface area contributed by atoms with E-state index in [2.05, 4.69) is 142 Å². The van der Waals surface area contributed by atoms with E-state index < -0.39 is 0 Å². The second-order valence-electron chi connectivity index (χ2n) is 11.4. The van der Waals surface area contributed by atoms with Crippen LogP contribution in [0.15, 0.2) is 109 Å². The maximum absolute atomic E-state index is 2.63. The Morgan fingerprint density at radius 3 is 1.97 bits per heavy atom. The summed E-state index contributed by atoms with van der Waals surface area (Å²) in [5.74, 6) is 0. The molecule has 0 N–H and O–H groups in total. The smallest absolute Gasteiger partial charge is 0.0554 e. The summed E-state index contributed by atoms with van der Waals surface area (Å²) < 4.78 is 0. The lowest BCUT2D eigenvalue weighted by atomic mass is 9.68. The third-order valence-corrected chi connectivity index (χ3v) is 7.68. The van der Waals surface area contributed by atoms with Gasteiger partial charge in [0, 0.05) is 17.6 Å². The number of fused-ring (bicyclic) bond motifs is 1. The normalized spacial score (nSPS) is 19.9. The Morgan fingerprint density at radius 2 is 1.31 bits per heavy atom. The van der Waals surface area contributed by atoms with E-state index in [1.54, 1.807) is 0 Å². The zero-order valence-corrected chi connectivity index (χ0v) is 21.5. The summed E-state index contributed by atoms with van der Waals surface area (Å²) in [6.07, 6.45) is 2.12. The van der Waals surface area contributed by atoms with Crippen molar-refractivity contribution in [2.24, 2.45) is 0 Å². The van der Waals surface area contributed by atoms with Crippen LogP contribution >= 0.6 is 0 Å². The molecule has 1 aliphatic rings. The molecule has 0 radical (unpaired) electrons. The van der Waals surface area contributed by atoms with Gasteiger partial charge in [0.25, 0.3) is 0 Å². The number of benzene rings is 4. The van der Waals surface area contributed by atoms with Crippen LogP contribution in [-0.4, -0.2) is 0 Å². The van der Waals surface area contributed by atoms with Gasteiger partial charge in [-0.2, -0.15) is 0 Å². The Bertz CT molecular complexity index is 1250. The first kappa shape index (κ1) is 23.4. The van der Waals surface area contributed by atoms with Gasteiger partial charge in [0.1, 0.15) is 0 Å². The highest BCUT2D eigenvalue weighted by Crippen LogP contribution is 2.50. The van der Waals surface area contributed by atoms with Crippen molar-refractivity contribution in [3.63, 3.8) is 0 Å². The molecule has 0 bridgehead atoms. The van der Waals surface area contributed by atoms with E-state index in [1.165, 1.54) is 33.5 Å². The van der Waals surface area contributed by atoms with Crippen molar-refractivity contribution in [1.29, 1.82) is 0 Å². The van der Waals surface area contributed by atoms with Gasteiger partial charge < -0.3 is 4.90 Å². The van der Waals surface area contributed by atoms with Crippen molar-refractivity contribution < 1.29 is 0 Å². The molecule has 0 saturated heterocycles. The minimum Gasteiger partial charge on any atom is -0.360 e. The van der Waals surface area contributed by atoms with E-state index in [1.807, 2.05) is 0 Å². The van der Waals surface area contributed by atoms with Crippen LogP contribution in [0.5, 0.6) is 0 Å². The molecule has 1 heterocycles. The topological polar surface area (TPSA) is 3.24 Å². The minimum atomic E-state index is 0.0491. The largest absolute Gasteiger partial charge is 0.360 e. The van der Waals surface area contributed by atoms with E-state index in [4.69, 9.17) is 0 Å². The first-order valence-corrected chi connectivity index (χ1v) is 12.9. The molecule has 0 saturated carbocycles. The number of hydrogen-bond acceptors (Lipinski definition) is 1. The average Bonchev–Trinajstić information content (AvgIpc) is 2.87. The minimum absolute atomic E-state index is 0.0491. The summed E-state index contributed by atoms with van der Waals surface area (Å²) in [4.78, 5) is 2.63. The van der Waals surface area contributed by atoms with Crippen LogP contribution < -0.4 is 4.90 Å². The predicted octanol–water partition coefficient (Wildman–Crippen LogP) is 8.64. The molecule has 35 heavy (non-hydrogen) atoms. The Morgan fingerprint density at radius 1 is 0.714 bits per heavy atom. The third-order valence-electron chi connectivity index (χ3n) is 7.68. The van der Waals surface area contributed by atoms with Crippen LogP contribution in [0.1, 0.15) is 68.0 Å². The van der Waals surface area contributed by atoms with Crippen LogP contribution in [0.2, 0.25) is 0 Å². The van der Waals surface area contributed by atoms with Gasteiger partial charge in [-0.05, 0) is 52.1 Å². The lowest BCUT2D eigenvalue weighted by molar-refractivity contribution is 0.353. The third kappa shape index (κ3) is 4.91. The molecular formula is C34H37N. The molecule has 5 rings (SSSR count). The van der Waals surface area contributed by atoms with Gasteiger partial charge in [0.2, 0.25) is 0 Å². The summed E-state index contributed by atoms with van der Waals surface area (Å²) in [6, 6.07) is 40.7. The van der Waals surface area contributed by atoms with Crippen LogP contribution in [0, 0.1) is 0 Å². The molecule has 0 aromatic heterocycles. The highest BCUT2D eigenvalue weighted by Gasteiger charge is 2.41. The van der Waals surface area contributed by atoms with Gasteiger partial charge in [-0.1, -0.05) is 131 Å². The fourth-order valence-corrected chi connectivity index (χ4v) is 5.74. The molecule has 1 heteroatoms. The molecule has 0 spiro atoms. The molecule has 4 aromatic rings. The van der Waals surface area contributed by atoms with Gasteiger partial charge in [-0.15, -0.1) is 0 Å². The zero-order valence-electron chi connectivity index (χ0n) is 21.5. The van der Waals surface area contributed by atoms with E-state index in [9.17, 15) is 0 Å². The Labute approximate surface area is 211 Å². The monoisotopic (exact) mass is 459 g/mol. The van der Waals surface area contributed by atoms with E-state index in [0.29, 0.717) is 6.04 Å². The summed E-state index contributed by atoms with van der Waals surface area (Å²) in [6.45, 7) is 10.2. The quantitative estimate of drug-likeness (QED) is 0.289. The number of nitrogens with zero attached hydrogens (tertiary/aromatic N) is 1. The highest BCUT2D eigenvalue weighted by atomic mass is 15.2. The van der Waals surface area contributed by atoms with Gasteiger partial charge in [0.05, 0.1) is 6.04 Å². The van der Waals surface area contributed by atoms with Crippen molar-refractivity contribution in [2.45, 2.75) is 64.0 Å². The standard InChI is InChI=1S/C34H37N/c1-33(2,3)29-21-19-26(20-22-29)23-34(4)24-32(28-15-9-6-10-16-28)35(25-27-13-7-5-8-14-27)31-18-12-11-17-30(31)34/h5-22,32H,23-25H2,1-4H3/t32-,34+/m0/s1. The lowest BCUT2D eigenvalue weighted by Crippen LogP contribution is -2.42. The average molecular weight is 460 g/mol. The fraction of sp³-hybridized carbons (Fsp3) is 0.294. The first-order chi connectivity index (χ1) is 16.8. The van der Waals surface area contributed by atoms with E-state index >= 15 is 0 Å². The number of para-hydroxylation sites is 1. The van der Waals surface area contributed by atoms with Gasteiger partial charge in [-0.3, -0.25) is 0 Å². The molecule has 1 nitrogen and oxygen atoms in total. The maximum Gasteiger partial charge on any atom is 0.0554 e. The van der Waals surface area contributed by atoms with E-state index in [-0.39, 0.29) is 10.8 Å². The SMILES string of the molecule is CC(C)(C)c1ccc(C[C@]2(C)C[C@@H](c3ccccc3)N(Cc3ccccc3)c3ccccc32)cc1. The maximum atomic E-state index is 2.63. The van der Waals surface area contributed by atoms with Crippen LogP contribution in [0.3, 0.4) is 0 Å². The molecule has 178 valence electrons. The van der Waals surface area contributed by atoms with Crippen molar-refractivity contribution in [3.05, 3.63) is 137 Å². The number of anilines is 1. The van der Waals surface area contributed by atoms with Crippen molar-refractivity contribution in [3.8, 4) is 0 Å². The molecule has 0 fully saturated rings. The molecule has 1 aliphatic heterocycles. The second-order valence-corrected chi connectivity index (χ2v) is 11.4. The number of hydrogen-bond donors (Lipinski definition) is 0. The molecule has 0 aliphatic carbocycles. The molecular weight excluding hydrogens is 422 g/mol. The molecule has 4 aromatic carbocycles. The number of rotatable bonds is 5. The Balaban J connectivity index is 1.56. The summed E-state index contributed by atoms with van der Waals surface area (Å²) in [5, 5.41) is 0. The van der Waals surface area contributed by atoms with Crippen LogP contribution in [-0.2, 0) is 23.8 Å². The van der Waals surface area contributed by atoms with Crippen molar-refractivity contribution >= 4 is 5.69 Å². The Hall–Kier alpha value is -3.32. The second kappa shape index (κ2) is 9.38. The fourth-order valence-electron chi connectivity index (χ4n) is 5.74. The van der Waals surface area contributed by atoms with Crippen LogP contribution in [0.4, 0.5) is 5.69 Å². The Kier molecular flexibility index (Phi) is 6.28. The molecule has 2 atom stereocenters. The molecule has 0 amide bonds. The van der Waals surface area contributed by atoms with Crippen molar-refractivity contribution in [1.82, 2.24) is 0 Å². The lowest BCUT2D eigenvalue weighted by Gasteiger charge is -2.48. The predicted molar refractivity (Wildman–Crippen MR) is 149 cm³/mol. The highest BCUT2D eigenvalue weighted by molar-refractivity contribution is 5.62. The summed E-state index contributed by atoms with van der Waals surface area (Å²) in [5.41, 5.74) is 8.61. The van der Waals surface area contributed by atoms with Gasteiger partial charge in [-0.25, -0.2) is 0 Å². The zero-order chi connectivity index (χ0) is 24.5. The van der Waals surface area contributed by atoms with E-state index in [0.717, 1.165) is 19.4 Å². The van der Waals surface area contributed by atoms with Crippen LogP contribution in [0.25, 0.3) is 0 Å². The van der Waals surface area contributed by atoms with Gasteiger partial charge in [0.15, 0.2) is 0 Å².